The molecule has 4 heteroatoms. The molecule has 2 aromatic heterocycles. The summed E-state index contributed by atoms with van der Waals surface area (Å²) in [4.78, 5) is 3.96. The Morgan fingerprint density at radius 3 is 2.93 bits per heavy atom. The van der Waals surface area contributed by atoms with Crippen LogP contribution in [0.3, 0.4) is 0 Å². The van der Waals surface area contributed by atoms with Crippen molar-refractivity contribution in [2.45, 2.75) is 18.8 Å². The maximum absolute atomic E-state index is 5.83. The molecular weight excluding hydrogens is 188 g/mol. The minimum atomic E-state index is 0.656. The molecule has 0 aliphatic heterocycles. The Labute approximate surface area is 87.7 Å². The van der Waals surface area contributed by atoms with Gasteiger partial charge in [0.2, 0.25) is 0 Å². The largest absolute Gasteiger partial charge is 0.396 e. The summed E-state index contributed by atoms with van der Waals surface area (Å²) in [6.45, 7) is 0. The first-order valence-electron chi connectivity index (χ1n) is 5.10. The summed E-state index contributed by atoms with van der Waals surface area (Å²) in [7, 11) is 0. The number of nitrogen functional groups attached to an aromatic ring is 1. The number of hydrogen-bond acceptors (Lipinski definition) is 3. The zero-order valence-corrected chi connectivity index (χ0v) is 8.30. The van der Waals surface area contributed by atoms with Crippen molar-refractivity contribution < 1.29 is 0 Å². The van der Waals surface area contributed by atoms with E-state index in [0.29, 0.717) is 11.6 Å². The lowest BCUT2D eigenvalue weighted by Crippen LogP contribution is -2.01. The van der Waals surface area contributed by atoms with Crippen LogP contribution in [0.15, 0.2) is 30.7 Å². The molecule has 0 unspecified atom stereocenters. The third-order valence-electron chi connectivity index (χ3n) is 2.68. The quantitative estimate of drug-likeness (QED) is 0.803. The molecule has 0 spiro atoms. The van der Waals surface area contributed by atoms with E-state index >= 15 is 0 Å². The van der Waals surface area contributed by atoms with Crippen LogP contribution in [-0.4, -0.2) is 14.8 Å². The van der Waals surface area contributed by atoms with Crippen molar-refractivity contribution in [3.8, 4) is 5.69 Å². The van der Waals surface area contributed by atoms with Crippen molar-refractivity contribution in [2.75, 3.05) is 5.73 Å². The van der Waals surface area contributed by atoms with Gasteiger partial charge < -0.3 is 5.73 Å². The van der Waals surface area contributed by atoms with Gasteiger partial charge in [0.05, 0.1) is 23.3 Å². The zero-order chi connectivity index (χ0) is 10.3. The van der Waals surface area contributed by atoms with Gasteiger partial charge in [-0.2, -0.15) is 5.10 Å². The van der Waals surface area contributed by atoms with Crippen LogP contribution in [0, 0.1) is 0 Å². The van der Waals surface area contributed by atoms with Crippen LogP contribution in [0.2, 0.25) is 0 Å². The minimum absolute atomic E-state index is 0.656. The molecule has 2 heterocycles. The lowest BCUT2D eigenvalue weighted by atomic mass is 10.3. The van der Waals surface area contributed by atoms with Crippen molar-refractivity contribution in [3.63, 3.8) is 0 Å². The Kier molecular flexibility index (Phi) is 1.74. The molecule has 0 aromatic carbocycles. The lowest BCUT2D eigenvalue weighted by Gasteiger charge is -2.03. The maximum Gasteiger partial charge on any atom is 0.0906 e. The molecule has 1 aliphatic rings. The number of nitrogens with zero attached hydrogens (tertiary/aromatic N) is 3. The highest BCUT2D eigenvalue weighted by Crippen LogP contribution is 2.39. The number of nitrogens with two attached hydrogens (primary N) is 1. The van der Waals surface area contributed by atoms with E-state index in [1.807, 2.05) is 16.9 Å². The second-order valence-corrected chi connectivity index (χ2v) is 3.89. The molecule has 2 N–H and O–H groups in total. The summed E-state index contributed by atoms with van der Waals surface area (Å²) in [5, 5.41) is 4.51. The lowest BCUT2D eigenvalue weighted by molar-refractivity contribution is 0.837. The number of pyridine rings is 1. The number of aromatic nitrogens is 3. The van der Waals surface area contributed by atoms with E-state index in [9.17, 15) is 0 Å². The van der Waals surface area contributed by atoms with Crippen LogP contribution in [0.5, 0.6) is 0 Å². The predicted octanol–water partition coefficient (Wildman–Crippen LogP) is 1.73. The minimum Gasteiger partial charge on any atom is -0.396 e. The fourth-order valence-corrected chi connectivity index (χ4v) is 1.68. The fraction of sp³-hybridized carbons (Fsp3) is 0.273. The van der Waals surface area contributed by atoms with E-state index in [0.717, 1.165) is 5.69 Å². The highest BCUT2D eigenvalue weighted by atomic mass is 15.3. The van der Waals surface area contributed by atoms with Gasteiger partial charge in [0.15, 0.2) is 0 Å². The van der Waals surface area contributed by atoms with Crippen molar-refractivity contribution in [2.24, 2.45) is 0 Å². The van der Waals surface area contributed by atoms with Gasteiger partial charge in [-0.15, -0.1) is 0 Å². The predicted molar refractivity (Wildman–Crippen MR) is 57.7 cm³/mol. The summed E-state index contributed by atoms with van der Waals surface area (Å²) in [5.41, 5.74) is 8.56. The normalized spacial score (nSPS) is 15.5. The molecule has 1 aliphatic carbocycles. The first-order chi connectivity index (χ1) is 7.34. The van der Waals surface area contributed by atoms with Gasteiger partial charge in [0.25, 0.3) is 0 Å². The van der Waals surface area contributed by atoms with Crippen molar-refractivity contribution in [1.29, 1.82) is 0 Å². The standard InChI is InChI=1S/C11H12N4/c12-9-7-13-5-3-11(9)15-6-4-10(14-15)8-1-2-8/h3-8H,1-2,12H2. The van der Waals surface area contributed by atoms with Gasteiger partial charge in [-0.25, -0.2) is 4.68 Å². The molecular formula is C11H12N4. The molecule has 4 nitrogen and oxygen atoms in total. The van der Waals surface area contributed by atoms with Gasteiger partial charge >= 0.3 is 0 Å². The molecule has 0 radical (unpaired) electrons. The van der Waals surface area contributed by atoms with Gasteiger partial charge in [-0.05, 0) is 25.0 Å². The van der Waals surface area contributed by atoms with Crippen LogP contribution in [0.1, 0.15) is 24.5 Å². The Balaban J connectivity index is 2.01. The number of anilines is 1. The van der Waals surface area contributed by atoms with Crippen LogP contribution in [-0.2, 0) is 0 Å². The summed E-state index contributed by atoms with van der Waals surface area (Å²) >= 11 is 0. The summed E-state index contributed by atoms with van der Waals surface area (Å²) < 4.78 is 1.82. The maximum atomic E-state index is 5.83. The molecule has 1 saturated carbocycles. The van der Waals surface area contributed by atoms with Crippen LogP contribution in [0.25, 0.3) is 5.69 Å². The third kappa shape index (κ3) is 1.48. The van der Waals surface area contributed by atoms with Crippen molar-refractivity contribution >= 4 is 5.69 Å². The average Bonchev–Trinajstić information content (AvgIpc) is 2.99. The fourth-order valence-electron chi connectivity index (χ4n) is 1.68. The smallest absolute Gasteiger partial charge is 0.0906 e. The Hall–Kier alpha value is -1.84. The van der Waals surface area contributed by atoms with Crippen LogP contribution >= 0.6 is 0 Å². The first-order valence-corrected chi connectivity index (χ1v) is 5.10. The molecule has 2 aromatic rings. The SMILES string of the molecule is Nc1cnccc1-n1ccc(C2CC2)n1. The summed E-state index contributed by atoms with van der Waals surface area (Å²) in [6.07, 6.45) is 7.86. The van der Waals surface area contributed by atoms with E-state index in [1.165, 1.54) is 18.5 Å². The molecule has 0 bridgehead atoms. The van der Waals surface area contributed by atoms with Gasteiger partial charge in [0, 0.05) is 18.3 Å². The van der Waals surface area contributed by atoms with E-state index < -0.39 is 0 Å². The molecule has 76 valence electrons. The van der Waals surface area contributed by atoms with Crippen molar-refractivity contribution in [3.05, 3.63) is 36.4 Å². The molecule has 1 fully saturated rings. The van der Waals surface area contributed by atoms with E-state index in [4.69, 9.17) is 5.73 Å². The molecule has 3 rings (SSSR count). The Morgan fingerprint density at radius 2 is 2.20 bits per heavy atom. The topological polar surface area (TPSA) is 56.7 Å². The molecule has 15 heavy (non-hydrogen) atoms. The van der Waals surface area contributed by atoms with Crippen LogP contribution in [0.4, 0.5) is 5.69 Å². The number of hydrogen-bond donors (Lipinski definition) is 1. The number of rotatable bonds is 2. The molecule has 0 saturated heterocycles. The van der Waals surface area contributed by atoms with Gasteiger partial charge in [-0.1, -0.05) is 0 Å². The highest BCUT2D eigenvalue weighted by molar-refractivity contribution is 5.55. The van der Waals surface area contributed by atoms with E-state index in [1.54, 1.807) is 12.4 Å². The molecule has 0 atom stereocenters. The van der Waals surface area contributed by atoms with E-state index in [2.05, 4.69) is 16.1 Å². The van der Waals surface area contributed by atoms with E-state index in [-0.39, 0.29) is 0 Å². The highest BCUT2D eigenvalue weighted by Gasteiger charge is 2.25. The zero-order valence-electron chi connectivity index (χ0n) is 8.30. The second-order valence-electron chi connectivity index (χ2n) is 3.89. The second kappa shape index (κ2) is 3.08. The van der Waals surface area contributed by atoms with Gasteiger partial charge in [-0.3, -0.25) is 4.98 Å². The third-order valence-corrected chi connectivity index (χ3v) is 2.68. The van der Waals surface area contributed by atoms with Gasteiger partial charge in [0.1, 0.15) is 0 Å². The monoisotopic (exact) mass is 200 g/mol. The Bertz CT molecular complexity index is 485. The summed E-state index contributed by atoms with van der Waals surface area (Å²) in [6, 6.07) is 3.94. The van der Waals surface area contributed by atoms with Crippen molar-refractivity contribution in [1.82, 2.24) is 14.8 Å². The summed E-state index contributed by atoms with van der Waals surface area (Å²) in [5.74, 6) is 0.675. The average molecular weight is 200 g/mol. The Morgan fingerprint density at radius 1 is 1.33 bits per heavy atom. The molecule has 0 amide bonds. The van der Waals surface area contributed by atoms with Crippen LogP contribution < -0.4 is 5.73 Å². The first kappa shape index (κ1) is 8.47.